The second-order valence-corrected chi connectivity index (χ2v) is 6.08. The number of rotatable bonds is 2. The summed E-state index contributed by atoms with van der Waals surface area (Å²) >= 11 is 3.55. The van der Waals surface area contributed by atoms with Crippen molar-refractivity contribution >= 4 is 21.9 Å². The molecule has 106 valence electrons. The minimum Gasteiger partial charge on any atom is -0.339 e. The van der Waals surface area contributed by atoms with E-state index >= 15 is 0 Å². The molecule has 1 aliphatic heterocycles. The molecule has 0 unspecified atom stereocenters. The Bertz CT molecular complexity index is 601. The summed E-state index contributed by atoms with van der Waals surface area (Å²) in [5, 5.41) is 7.39. The lowest BCUT2D eigenvalue weighted by molar-refractivity contribution is 0.496. The summed E-state index contributed by atoms with van der Waals surface area (Å²) in [6.45, 7) is 3.92. The largest absolute Gasteiger partial charge is 0.339 e. The fourth-order valence-corrected chi connectivity index (χ4v) is 2.84. The number of hydrogen-bond donors (Lipinski definition) is 2. The molecule has 1 saturated heterocycles. The van der Waals surface area contributed by atoms with E-state index in [-0.39, 0.29) is 0 Å². The molecule has 0 amide bonds. The van der Waals surface area contributed by atoms with Gasteiger partial charge in [0.25, 0.3) is 0 Å². The third-order valence-electron chi connectivity index (χ3n) is 3.82. The zero-order chi connectivity index (χ0) is 14.1. The second-order valence-electron chi connectivity index (χ2n) is 5.22. The van der Waals surface area contributed by atoms with E-state index in [1.54, 1.807) is 0 Å². The van der Waals surface area contributed by atoms with Gasteiger partial charge < -0.3 is 10.6 Å². The molecule has 3 N–H and O–H groups in total. The summed E-state index contributed by atoms with van der Waals surface area (Å²) in [4.78, 5) is 6.82. The van der Waals surface area contributed by atoms with Crippen LogP contribution in [0.1, 0.15) is 18.4 Å². The lowest BCUT2D eigenvalue weighted by Gasteiger charge is -2.28. The Hall–Kier alpha value is -1.40. The maximum absolute atomic E-state index is 5.93. The first-order valence-corrected chi connectivity index (χ1v) is 7.63. The number of benzene rings is 1. The molecule has 20 heavy (non-hydrogen) atoms. The quantitative estimate of drug-likeness (QED) is 0.884. The predicted octanol–water partition coefficient (Wildman–Crippen LogP) is 2.47. The molecule has 2 heterocycles. The lowest BCUT2D eigenvalue weighted by Crippen LogP contribution is -2.40. The maximum Gasteiger partial charge on any atom is 0.245 e. The fourth-order valence-electron chi connectivity index (χ4n) is 2.48. The van der Waals surface area contributed by atoms with E-state index in [0.717, 1.165) is 53.3 Å². The van der Waals surface area contributed by atoms with Crippen molar-refractivity contribution in [1.29, 1.82) is 0 Å². The Morgan fingerprint density at radius 3 is 2.85 bits per heavy atom. The number of nitrogens with two attached hydrogens (primary N) is 1. The van der Waals surface area contributed by atoms with Crippen LogP contribution in [0.5, 0.6) is 0 Å². The normalized spacial score (nSPS) is 16.6. The number of piperidine rings is 1. The van der Waals surface area contributed by atoms with Crippen LogP contribution >= 0.6 is 15.9 Å². The smallest absolute Gasteiger partial charge is 0.245 e. The Labute approximate surface area is 126 Å². The number of nitrogens with one attached hydrogen (secondary N) is 1. The molecule has 0 bridgehead atoms. The van der Waals surface area contributed by atoms with Gasteiger partial charge in [-0.2, -0.15) is 4.98 Å². The monoisotopic (exact) mass is 335 g/mol. The van der Waals surface area contributed by atoms with Crippen LogP contribution in [-0.2, 0) is 0 Å². The molecule has 1 aromatic heterocycles. The maximum atomic E-state index is 5.93. The van der Waals surface area contributed by atoms with Crippen molar-refractivity contribution in [2.75, 3.05) is 18.0 Å². The molecular weight excluding hydrogens is 318 g/mol. The standard InChI is InChI=1S/C14H18BrN5/c1-9-11(3-2-4-12(9)15)13-17-14(19-18-13)20-7-5-10(16)6-8-20/h2-4,10H,5-8,16H2,1H3,(H,17,18,19). The van der Waals surface area contributed by atoms with E-state index in [0.29, 0.717) is 6.04 Å². The Morgan fingerprint density at radius 1 is 1.35 bits per heavy atom. The molecule has 5 nitrogen and oxygen atoms in total. The molecule has 2 aromatic rings. The molecule has 0 aliphatic carbocycles. The van der Waals surface area contributed by atoms with Gasteiger partial charge in [-0.3, -0.25) is 5.10 Å². The molecule has 1 aromatic carbocycles. The van der Waals surface area contributed by atoms with Crippen LogP contribution in [-0.4, -0.2) is 34.3 Å². The van der Waals surface area contributed by atoms with Crippen molar-refractivity contribution in [1.82, 2.24) is 15.2 Å². The summed E-state index contributed by atoms with van der Waals surface area (Å²) in [6.07, 6.45) is 2.00. The van der Waals surface area contributed by atoms with Crippen molar-refractivity contribution in [2.45, 2.75) is 25.8 Å². The van der Waals surface area contributed by atoms with Crippen LogP contribution in [0, 0.1) is 6.92 Å². The van der Waals surface area contributed by atoms with Gasteiger partial charge >= 0.3 is 0 Å². The van der Waals surface area contributed by atoms with Crippen LogP contribution in [0.15, 0.2) is 22.7 Å². The van der Waals surface area contributed by atoms with E-state index < -0.39 is 0 Å². The molecular formula is C14H18BrN5. The number of nitrogens with zero attached hydrogens (tertiary/aromatic N) is 3. The van der Waals surface area contributed by atoms with Gasteiger partial charge in [-0.05, 0) is 31.4 Å². The first-order valence-electron chi connectivity index (χ1n) is 6.83. The number of aromatic nitrogens is 3. The molecule has 0 atom stereocenters. The Kier molecular flexibility index (Phi) is 3.76. The van der Waals surface area contributed by atoms with Crippen molar-refractivity contribution in [3.05, 3.63) is 28.2 Å². The van der Waals surface area contributed by atoms with Crippen LogP contribution in [0.2, 0.25) is 0 Å². The lowest BCUT2D eigenvalue weighted by atomic mass is 10.1. The SMILES string of the molecule is Cc1c(Br)cccc1-c1nc(N2CCC(N)CC2)n[nH]1. The first kappa shape index (κ1) is 13.6. The number of H-pyrrole nitrogens is 1. The summed E-state index contributed by atoms with van der Waals surface area (Å²) in [7, 11) is 0. The molecule has 1 aliphatic rings. The number of halogens is 1. The Morgan fingerprint density at radius 2 is 2.10 bits per heavy atom. The van der Waals surface area contributed by atoms with Gasteiger partial charge in [-0.15, -0.1) is 5.10 Å². The van der Waals surface area contributed by atoms with Crippen molar-refractivity contribution in [2.24, 2.45) is 5.73 Å². The van der Waals surface area contributed by atoms with Crippen LogP contribution in [0.3, 0.4) is 0 Å². The van der Waals surface area contributed by atoms with Crippen molar-refractivity contribution < 1.29 is 0 Å². The zero-order valence-electron chi connectivity index (χ0n) is 11.4. The van der Waals surface area contributed by atoms with Crippen LogP contribution < -0.4 is 10.6 Å². The Balaban J connectivity index is 1.85. The highest BCUT2D eigenvalue weighted by atomic mass is 79.9. The second kappa shape index (κ2) is 5.54. The average Bonchev–Trinajstić information content (AvgIpc) is 2.92. The number of anilines is 1. The first-order chi connectivity index (χ1) is 9.65. The topological polar surface area (TPSA) is 70.8 Å². The van der Waals surface area contributed by atoms with E-state index in [1.807, 2.05) is 12.1 Å². The van der Waals surface area contributed by atoms with Gasteiger partial charge in [0, 0.05) is 29.2 Å². The molecule has 1 fully saturated rings. The third kappa shape index (κ3) is 2.58. The van der Waals surface area contributed by atoms with Crippen LogP contribution in [0.25, 0.3) is 11.4 Å². The summed E-state index contributed by atoms with van der Waals surface area (Å²) in [5.41, 5.74) is 8.17. The minimum atomic E-state index is 0.317. The molecule has 3 rings (SSSR count). The van der Waals surface area contributed by atoms with Gasteiger partial charge in [0.1, 0.15) is 0 Å². The number of hydrogen-bond acceptors (Lipinski definition) is 4. The molecule has 0 spiro atoms. The van der Waals surface area contributed by atoms with Crippen molar-refractivity contribution in [3.8, 4) is 11.4 Å². The van der Waals surface area contributed by atoms with Gasteiger partial charge in [0.2, 0.25) is 5.95 Å². The molecule has 0 saturated carbocycles. The van der Waals surface area contributed by atoms with Gasteiger partial charge in [-0.1, -0.05) is 28.1 Å². The highest BCUT2D eigenvalue weighted by molar-refractivity contribution is 9.10. The predicted molar refractivity (Wildman–Crippen MR) is 83.7 cm³/mol. The van der Waals surface area contributed by atoms with E-state index in [2.05, 4.69) is 49.0 Å². The summed E-state index contributed by atoms with van der Waals surface area (Å²) in [6, 6.07) is 6.41. The van der Waals surface area contributed by atoms with Gasteiger partial charge in [0.15, 0.2) is 5.82 Å². The van der Waals surface area contributed by atoms with Gasteiger partial charge in [0.05, 0.1) is 0 Å². The van der Waals surface area contributed by atoms with Crippen molar-refractivity contribution in [3.63, 3.8) is 0 Å². The minimum absolute atomic E-state index is 0.317. The zero-order valence-corrected chi connectivity index (χ0v) is 13.0. The average molecular weight is 336 g/mol. The van der Waals surface area contributed by atoms with E-state index in [1.165, 1.54) is 0 Å². The number of aromatic amines is 1. The highest BCUT2D eigenvalue weighted by Gasteiger charge is 2.20. The highest BCUT2D eigenvalue weighted by Crippen LogP contribution is 2.27. The summed E-state index contributed by atoms with van der Waals surface area (Å²) < 4.78 is 1.08. The molecule has 0 radical (unpaired) electrons. The molecule has 6 heteroatoms. The fraction of sp³-hybridized carbons (Fsp3) is 0.429. The third-order valence-corrected chi connectivity index (χ3v) is 4.68. The van der Waals surface area contributed by atoms with E-state index in [4.69, 9.17) is 5.73 Å². The van der Waals surface area contributed by atoms with Crippen LogP contribution in [0.4, 0.5) is 5.95 Å². The van der Waals surface area contributed by atoms with Gasteiger partial charge in [-0.25, -0.2) is 0 Å². The summed E-state index contributed by atoms with van der Waals surface area (Å²) in [5.74, 6) is 1.58. The van der Waals surface area contributed by atoms with E-state index in [9.17, 15) is 0 Å².